The summed E-state index contributed by atoms with van der Waals surface area (Å²) in [6.45, 7) is 0. The van der Waals surface area contributed by atoms with Crippen LogP contribution in [-0.4, -0.2) is 32.6 Å². The molecule has 0 amide bonds. The first kappa shape index (κ1) is 27.7. The molecule has 0 bridgehead atoms. The molecule has 0 aliphatic rings. The SMILES string of the molecule is O.O.O=C(c1c(O)c2c(ccc3c2c2ccccc2n3-c2ccccc2)oc1=O)C(F)(F)F.[Eu]. The van der Waals surface area contributed by atoms with Gasteiger partial charge in [0.15, 0.2) is 5.56 Å². The number of Topliss-reactive ketones (excluding diaryl/α,β-unsaturated/α-hetero) is 1. The second-order valence-electron chi connectivity index (χ2n) is 6.96. The molecule has 11 heteroatoms. The number of fused-ring (bicyclic) bond motifs is 5. The van der Waals surface area contributed by atoms with Crippen LogP contribution in [0.3, 0.4) is 0 Å². The van der Waals surface area contributed by atoms with E-state index in [1.807, 2.05) is 41.0 Å². The number of aromatic hydroxyl groups is 1. The molecule has 34 heavy (non-hydrogen) atoms. The van der Waals surface area contributed by atoms with E-state index >= 15 is 0 Å². The monoisotopic (exact) mass is 612 g/mol. The van der Waals surface area contributed by atoms with Gasteiger partial charge in [-0.15, -0.1) is 0 Å². The van der Waals surface area contributed by atoms with E-state index in [2.05, 4.69) is 0 Å². The van der Waals surface area contributed by atoms with Crippen molar-refractivity contribution >= 4 is 38.6 Å². The molecule has 5 N–H and O–H groups in total. The summed E-state index contributed by atoms with van der Waals surface area (Å²) in [5.74, 6) is -3.50. The average molecular weight is 611 g/mol. The van der Waals surface area contributed by atoms with Crippen molar-refractivity contribution < 1.29 is 87.8 Å². The molecule has 177 valence electrons. The number of carbonyl (C=O) groups is 1. The molecule has 5 aromatic rings. The van der Waals surface area contributed by atoms with Gasteiger partial charge in [0, 0.05) is 65.8 Å². The Bertz CT molecular complexity index is 1580. The van der Waals surface area contributed by atoms with Crippen LogP contribution in [0.4, 0.5) is 13.2 Å². The Morgan fingerprint density at radius 1 is 0.853 bits per heavy atom. The minimum absolute atomic E-state index is 0. The van der Waals surface area contributed by atoms with Gasteiger partial charge in [-0.3, -0.25) is 4.79 Å². The molecule has 0 saturated carbocycles. The maximum Gasteiger partial charge on any atom is 0.455 e. The number of para-hydroxylation sites is 2. The Balaban J connectivity index is 0.00000136. The van der Waals surface area contributed by atoms with E-state index in [9.17, 15) is 27.9 Å². The van der Waals surface area contributed by atoms with Gasteiger partial charge >= 0.3 is 11.8 Å². The zero-order chi connectivity index (χ0) is 21.9. The molecule has 1 radical (unpaired) electrons. The topological polar surface area (TPSA) is 135 Å². The molecule has 2 aromatic heterocycles. The molecule has 0 aliphatic heterocycles. The summed E-state index contributed by atoms with van der Waals surface area (Å²) in [5.41, 5.74) is -1.01. The first-order valence-corrected chi connectivity index (χ1v) is 9.18. The van der Waals surface area contributed by atoms with Crippen LogP contribution < -0.4 is 5.63 Å². The number of nitrogens with zero attached hydrogens (tertiary/aromatic N) is 1. The minimum Gasteiger partial charge on any atom is -0.506 e. The third-order valence-electron chi connectivity index (χ3n) is 5.18. The van der Waals surface area contributed by atoms with Crippen molar-refractivity contribution in [3.8, 4) is 11.4 Å². The Morgan fingerprint density at radius 2 is 1.47 bits per heavy atom. The summed E-state index contributed by atoms with van der Waals surface area (Å²) in [4.78, 5) is 23.9. The Hall–Kier alpha value is -2.57. The number of alkyl halides is 3. The quantitative estimate of drug-likeness (QED) is 0.241. The van der Waals surface area contributed by atoms with E-state index in [4.69, 9.17) is 4.42 Å². The zero-order valence-electron chi connectivity index (χ0n) is 17.0. The van der Waals surface area contributed by atoms with Crippen LogP contribution in [0.5, 0.6) is 5.75 Å². The average Bonchev–Trinajstić information content (AvgIpc) is 3.08. The van der Waals surface area contributed by atoms with Gasteiger partial charge < -0.3 is 25.0 Å². The third-order valence-corrected chi connectivity index (χ3v) is 5.18. The number of aromatic nitrogens is 1. The molecule has 3 aromatic carbocycles. The summed E-state index contributed by atoms with van der Waals surface area (Å²) < 4.78 is 46.0. The molecule has 0 unspecified atom stereocenters. The fourth-order valence-electron chi connectivity index (χ4n) is 3.93. The van der Waals surface area contributed by atoms with Gasteiger partial charge in [-0.1, -0.05) is 36.4 Å². The van der Waals surface area contributed by atoms with Crippen molar-refractivity contribution in [3.05, 3.63) is 82.7 Å². The maximum absolute atomic E-state index is 13.0. The maximum atomic E-state index is 13.0. The Labute approximate surface area is 229 Å². The summed E-state index contributed by atoms with van der Waals surface area (Å²) in [5, 5.41) is 11.6. The predicted octanol–water partition coefficient (Wildman–Crippen LogP) is 3.69. The number of hydrogen-bond acceptors (Lipinski definition) is 4. The molecule has 2 heterocycles. The second-order valence-corrected chi connectivity index (χ2v) is 6.96. The van der Waals surface area contributed by atoms with E-state index in [0.717, 1.165) is 11.2 Å². The number of ketones is 1. The zero-order valence-corrected chi connectivity index (χ0v) is 19.4. The van der Waals surface area contributed by atoms with E-state index in [1.165, 1.54) is 6.07 Å². The summed E-state index contributed by atoms with van der Waals surface area (Å²) in [7, 11) is 0. The third kappa shape index (κ3) is 4.18. The van der Waals surface area contributed by atoms with Crippen molar-refractivity contribution in [2.75, 3.05) is 0 Å². The summed E-state index contributed by atoms with van der Waals surface area (Å²) in [6.07, 6.45) is -5.34. The number of carbonyl (C=O) groups excluding carboxylic acids is 1. The van der Waals surface area contributed by atoms with Crippen LogP contribution >= 0.6 is 0 Å². The predicted molar refractivity (Wildman–Crippen MR) is 116 cm³/mol. The van der Waals surface area contributed by atoms with E-state index in [1.54, 1.807) is 24.3 Å². The fraction of sp³-hybridized carbons (Fsp3) is 0.0435. The largest absolute Gasteiger partial charge is 0.506 e. The molecular weight excluding hydrogens is 595 g/mol. The van der Waals surface area contributed by atoms with Crippen LogP contribution in [0.1, 0.15) is 10.4 Å². The molecule has 0 saturated heterocycles. The first-order valence-electron chi connectivity index (χ1n) is 9.18. The van der Waals surface area contributed by atoms with Gasteiger partial charge in [0.25, 0.3) is 5.78 Å². The van der Waals surface area contributed by atoms with Gasteiger partial charge in [-0.25, -0.2) is 4.79 Å². The van der Waals surface area contributed by atoms with Crippen molar-refractivity contribution in [1.82, 2.24) is 4.57 Å². The van der Waals surface area contributed by atoms with E-state index < -0.39 is 28.9 Å². The van der Waals surface area contributed by atoms with Gasteiger partial charge in [-0.05, 0) is 30.3 Å². The number of benzene rings is 3. The van der Waals surface area contributed by atoms with Crippen molar-refractivity contribution in [2.24, 2.45) is 0 Å². The van der Waals surface area contributed by atoms with Crippen LogP contribution in [0, 0.1) is 49.4 Å². The van der Waals surface area contributed by atoms with Gasteiger partial charge in [0.05, 0.1) is 16.4 Å². The Kier molecular flexibility index (Phi) is 8.11. The fourth-order valence-corrected chi connectivity index (χ4v) is 3.93. The van der Waals surface area contributed by atoms with Crippen LogP contribution in [0.2, 0.25) is 0 Å². The summed E-state index contributed by atoms with van der Waals surface area (Å²) >= 11 is 0. The van der Waals surface area contributed by atoms with Crippen molar-refractivity contribution in [2.45, 2.75) is 6.18 Å². The molecule has 0 spiro atoms. The van der Waals surface area contributed by atoms with E-state index in [-0.39, 0.29) is 71.3 Å². The minimum atomic E-state index is -5.34. The molecule has 5 rings (SSSR count). The van der Waals surface area contributed by atoms with Gasteiger partial charge in [-0.2, -0.15) is 13.2 Å². The normalized spacial score (nSPS) is 11.0. The first-order chi connectivity index (χ1) is 14.8. The second kappa shape index (κ2) is 9.97. The number of hydrogen-bond donors (Lipinski definition) is 1. The smallest absolute Gasteiger partial charge is 0.455 e. The van der Waals surface area contributed by atoms with Crippen LogP contribution in [-0.2, 0) is 0 Å². The standard InChI is InChI=1S/C23H12F3NO4.Eu.2H2O/c24-23(25,26)21(29)19-20(28)18-16(31-22(19)30)11-10-15-17(18)13-8-4-5-9-14(13)27(15)12-6-2-1-3-7-12;;;/h1-11,28H;;2*1H2. The molecule has 0 aliphatic carbocycles. The summed E-state index contributed by atoms with van der Waals surface area (Å²) in [6, 6.07) is 19.4. The van der Waals surface area contributed by atoms with E-state index in [0.29, 0.717) is 16.3 Å². The van der Waals surface area contributed by atoms with Crippen LogP contribution in [0.25, 0.3) is 38.5 Å². The van der Waals surface area contributed by atoms with Crippen LogP contribution in [0.15, 0.2) is 75.9 Å². The van der Waals surface area contributed by atoms with Gasteiger partial charge in [0.2, 0.25) is 0 Å². The molecule has 7 nitrogen and oxygen atoms in total. The molecular formula is C23H16EuF3NO6. The van der Waals surface area contributed by atoms with Gasteiger partial charge in [0.1, 0.15) is 11.3 Å². The molecule has 0 fully saturated rings. The van der Waals surface area contributed by atoms with Crippen molar-refractivity contribution in [1.29, 1.82) is 0 Å². The van der Waals surface area contributed by atoms with Crippen molar-refractivity contribution in [3.63, 3.8) is 0 Å². The Morgan fingerprint density at radius 3 is 2.12 bits per heavy atom. The number of halogens is 3. The number of rotatable bonds is 2. The molecule has 0 atom stereocenters.